The zero-order chi connectivity index (χ0) is 15.2. The molecule has 2 rings (SSSR count). The van der Waals surface area contributed by atoms with E-state index in [1.807, 2.05) is 25.2 Å². The maximum absolute atomic E-state index is 11.2. The van der Waals surface area contributed by atoms with E-state index in [1.54, 1.807) is 24.5 Å². The lowest BCUT2D eigenvalue weighted by molar-refractivity contribution is 0.0693. The number of pyridine rings is 2. The largest absolute Gasteiger partial charge is 0.478 e. The highest BCUT2D eigenvalue weighted by molar-refractivity contribution is 5.88. The van der Waals surface area contributed by atoms with E-state index in [1.165, 1.54) is 0 Å². The molecule has 0 radical (unpaired) electrons. The van der Waals surface area contributed by atoms with Gasteiger partial charge >= 0.3 is 5.97 Å². The van der Waals surface area contributed by atoms with E-state index >= 15 is 0 Å². The van der Waals surface area contributed by atoms with E-state index in [-0.39, 0.29) is 11.6 Å². The molecule has 2 aromatic heterocycles. The number of carbonyl (C=O) groups is 1. The summed E-state index contributed by atoms with van der Waals surface area (Å²) in [5.41, 5.74) is 1.80. The second-order valence-corrected chi connectivity index (χ2v) is 4.90. The van der Waals surface area contributed by atoms with Crippen LogP contribution in [0.1, 0.15) is 41.1 Å². The summed E-state index contributed by atoms with van der Waals surface area (Å²) in [6, 6.07) is 9.19. The van der Waals surface area contributed by atoms with E-state index < -0.39 is 5.97 Å². The van der Waals surface area contributed by atoms with E-state index in [9.17, 15) is 9.90 Å². The van der Waals surface area contributed by atoms with Crippen molar-refractivity contribution in [3.05, 3.63) is 59.7 Å². The first kappa shape index (κ1) is 15.1. The molecule has 110 valence electrons. The normalized spacial score (nSPS) is 12.3. The SMILES string of the molecule is CC[C@H](c1ccccn1)N(C)Cc1ncccc1C(=O)O. The summed E-state index contributed by atoms with van der Waals surface area (Å²) < 4.78 is 0. The minimum atomic E-state index is -0.947. The third-order valence-electron chi connectivity index (χ3n) is 3.47. The van der Waals surface area contributed by atoms with Gasteiger partial charge in [0.1, 0.15) is 0 Å². The van der Waals surface area contributed by atoms with Crippen LogP contribution in [-0.4, -0.2) is 33.0 Å². The fraction of sp³-hybridized carbons (Fsp3) is 0.312. The lowest BCUT2D eigenvalue weighted by atomic mass is 10.1. The van der Waals surface area contributed by atoms with Crippen LogP contribution >= 0.6 is 0 Å². The van der Waals surface area contributed by atoms with Crippen LogP contribution in [-0.2, 0) is 6.54 Å². The molecule has 0 unspecified atom stereocenters. The molecule has 0 aliphatic heterocycles. The van der Waals surface area contributed by atoms with Crippen LogP contribution in [0.2, 0.25) is 0 Å². The average Bonchev–Trinajstić information content (AvgIpc) is 2.49. The van der Waals surface area contributed by atoms with E-state index in [0.29, 0.717) is 12.2 Å². The van der Waals surface area contributed by atoms with Crippen molar-refractivity contribution in [2.45, 2.75) is 25.9 Å². The Morgan fingerprint density at radius 1 is 1.24 bits per heavy atom. The number of rotatable bonds is 6. The zero-order valence-electron chi connectivity index (χ0n) is 12.2. The fourth-order valence-corrected chi connectivity index (χ4v) is 2.42. The Bertz CT molecular complexity index is 601. The first-order valence-corrected chi connectivity index (χ1v) is 6.91. The Kier molecular flexibility index (Phi) is 5.00. The van der Waals surface area contributed by atoms with Gasteiger partial charge in [0.2, 0.25) is 0 Å². The average molecular weight is 285 g/mol. The van der Waals surface area contributed by atoms with Crippen LogP contribution < -0.4 is 0 Å². The number of aromatic carboxylic acids is 1. The molecule has 0 amide bonds. The number of aromatic nitrogens is 2. The number of hydrogen-bond acceptors (Lipinski definition) is 4. The number of carboxylic acid groups (broad SMARTS) is 1. The summed E-state index contributed by atoms with van der Waals surface area (Å²) >= 11 is 0. The summed E-state index contributed by atoms with van der Waals surface area (Å²) in [4.78, 5) is 21.9. The standard InChI is InChI=1S/C16H19N3O2/c1-3-15(13-8-4-5-9-17-13)19(2)11-14-12(16(20)21)7-6-10-18-14/h4-10,15H,3,11H2,1-2H3,(H,20,21)/t15-/m1/s1. The molecular weight excluding hydrogens is 266 g/mol. The van der Waals surface area contributed by atoms with Crippen molar-refractivity contribution in [3.63, 3.8) is 0 Å². The number of carboxylic acids is 1. The topological polar surface area (TPSA) is 66.3 Å². The highest BCUT2D eigenvalue weighted by atomic mass is 16.4. The lowest BCUT2D eigenvalue weighted by Gasteiger charge is -2.26. The second kappa shape index (κ2) is 6.95. The van der Waals surface area contributed by atoms with Crippen LogP contribution in [0.15, 0.2) is 42.7 Å². The minimum Gasteiger partial charge on any atom is -0.478 e. The van der Waals surface area contributed by atoms with Gasteiger partial charge in [-0.3, -0.25) is 14.9 Å². The van der Waals surface area contributed by atoms with Crippen LogP contribution in [0.3, 0.4) is 0 Å². The summed E-state index contributed by atoms with van der Waals surface area (Å²) in [6.07, 6.45) is 4.29. The molecule has 0 aliphatic carbocycles. The Morgan fingerprint density at radius 2 is 2.00 bits per heavy atom. The number of nitrogens with zero attached hydrogens (tertiary/aromatic N) is 3. The highest BCUT2D eigenvalue weighted by Crippen LogP contribution is 2.22. The van der Waals surface area contributed by atoms with Crippen LogP contribution in [0.4, 0.5) is 0 Å². The maximum atomic E-state index is 11.2. The van der Waals surface area contributed by atoms with Crippen molar-refractivity contribution in [2.24, 2.45) is 0 Å². The molecule has 0 saturated heterocycles. The Hall–Kier alpha value is -2.27. The third kappa shape index (κ3) is 3.64. The molecule has 0 bridgehead atoms. The predicted molar refractivity (Wildman–Crippen MR) is 79.9 cm³/mol. The monoisotopic (exact) mass is 285 g/mol. The van der Waals surface area contributed by atoms with Crippen molar-refractivity contribution in [1.82, 2.24) is 14.9 Å². The van der Waals surface area contributed by atoms with Crippen molar-refractivity contribution >= 4 is 5.97 Å². The maximum Gasteiger partial charge on any atom is 0.337 e. The first-order chi connectivity index (χ1) is 10.1. The van der Waals surface area contributed by atoms with Gasteiger partial charge in [0.15, 0.2) is 0 Å². The predicted octanol–water partition coefficient (Wildman–Crippen LogP) is 2.76. The lowest BCUT2D eigenvalue weighted by Crippen LogP contribution is -2.26. The van der Waals surface area contributed by atoms with Crippen LogP contribution in [0, 0.1) is 0 Å². The van der Waals surface area contributed by atoms with Crippen LogP contribution in [0.25, 0.3) is 0 Å². The summed E-state index contributed by atoms with van der Waals surface area (Å²) in [5.74, 6) is -0.947. The summed E-state index contributed by atoms with van der Waals surface area (Å²) in [5, 5.41) is 9.22. The third-order valence-corrected chi connectivity index (χ3v) is 3.47. The van der Waals surface area contributed by atoms with Gasteiger partial charge in [-0.1, -0.05) is 13.0 Å². The summed E-state index contributed by atoms with van der Waals surface area (Å²) in [6.45, 7) is 2.56. The van der Waals surface area contributed by atoms with Crippen molar-refractivity contribution in [1.29, 1.82) is 0 Å². The summed E-state index contributed by atoms with van der Waals surface area (Å²) in [7, 11) is 1.96. The van der Waals surface area contributed by atoms with Gasteiger partial charge in [0.25, 0.3) is 0 Å². The fourth-order valence-electron chi connectivity index (χ4n) is 2.42. The van der Waals surface area contributed by atoms with E-state index in [2.05, 4.69) is 21.8 Å². The Balaban J connectivity index is 2.21. The van der Waals surface area contributed by atoms with Gasteiger partial charge in [-0.05, 0) is 37.7 Å². The van der Waals surface area contributed by atoms with Gasteiger partial charge in [0, 0.05) is 18.9 Å². The van der Waals surface area contributed by atoms with Gasteiger partial charge in [0.05, 0.1) is 23.0 Å². The Morgan fingerprint density at radius 3 is 2.62 bits per heavy atom. The van der Waals surface area contributed by atoms with Gasteiger partial charge in [-0.15, -0.1) is 0 Å². The molecule has 0 aromatic carbocycles. The molecule has 21 heavy (non-hydrogen) atoms. The first-order valence-electron chi connectivity index (χ1n) is 6.91. The highest BCUT2D eigenvalue weighted by Gasteiger charge is 2.19. The molecule has 1 N–H and O–H groups in total. The van der Waals surface area contributed by atoms with Gasteiger partial charge in [-0.25, -0.2) is 4.79 Å². The zero-order valence-corrected chi connectivity index (χ0v) is 12.2. The molecule has 0 aliphatic rings. The van der Waals surface area contributed by atoms with Crippen LogP contribution in [0.5, 0.6) is 0 Å². The quantitative estimate of drug-likeness (QED) is 0.884. The molecule has 0 saturated carbocycles. The number of hydrogen-bond donors (Lipinski definition) is 1. The van der Waals surface area contributed by atoms with Crippen molar-refractivity contribution < 1.29 is 9.90 Å². The smallest absolute Gasteiger partial charge is 0.337 e. The molecule has 0 fully saturated rings. The molecule has 2 aromatic rings. The minimum absolute atomic E-state index is 0.134. The Labute approximate surface area is 124 Å². The van der Waals surface area contributed by atoms with Crippen molar-refractivity contribution in [3.8, 4) is 0 Å². The van der Waals surface area contributed by atoms with Crippen molar-refractivity contribution in [2.75, 3.05) is 7.05 Å². The molecule has 0 spiro atoms. The van der Waals surface area contributed by atoms with E-state index in [0.717, 1.165) is 12.1 Å². The molecule has 5 nitrogen and oxygen atoms in total. The molecule has 2 heterocycles. The molecular formula is C16H19N3O2. The van der Waals surface area contributed by atoms with Gasteiger partial charge < -0.3 is 5.11 Å². The van der Waals surface area contributed by atoms with Gasteiger partial charge in [-0.2, -0.15) is 0 Å². The van der Waals surface area contributed by atoms with E-state index in [4.69, 9.17) is 0 Å². The second-order valence-electron chi connectivity index (χ2n) is 4.90. The molecule has 1 atom stereocenters. The molecule has 5 heteroatoms.